The molecule has 1 heterocycles. The van der Waals surface area contributed by atoms with E-state index in [1.165, 1.54) is 24.8 Å². The molecule has 0 spiro atoms. The fourth-order valence-electron chi connectivity index (χ4n) is 2.74. The van der Waals surface area contributed by atoms with E-state index in [1.54, 1.807) is 11.8 Å². The van der Waals surface area contributed by atoms with Crippen LogP contribution in [0.5, 0.6) is 0 Å². The Hall–Kier alpha value is -0.460. The molecule has 1 aliphatic heterocycles. The smallest absolute Gasteiger partial charge is 0.241 e. The maximum atomic E-state index is 12.2. The van der Waals surface area contributed by atoms with Gasteiger partial charge in [-0.05, 0) is 56.0 Å². The van der Waals surface area contributed by atoms with Crippen LogP contribution < -0.4 is 11.1 Å². The van der Waals surface area contributed by atoms with Gasteiger partial charge in [0.25, 0.3) is 0 Å². The van der Waals surface area contributed by atoms with E-state index in [2.05, 4.69) is 16.3 Å². The first-order valence-electron chi connectivity index (χ1n) is 8.06. The topological polar surface area (TPSA) is 58.4 Å². The molecule has 4 nitrogen and oxygen atoms in total. The van der Waals surface area contributed by atoms with Gasteiger partial charge in [-0.15, -0.1) is 24.8 Å². The first-order valence-corrected chi connectivity index (χ1v) is 9.45. The summed E-state index contributed by atoms with van der Waals surface area (Å²) in [4.78, 5) is 14.7. The molecule has 0 aromatic heterocycles. The summed E-state index contributed by atoms with van der Waals surface area (Å²) >= 11 is 1.71. The van der Waals surface area contributed by atoms with Crippen LogP contribution in [-0.4, -0.2) is 41.9 Å². The summed E-state index contributed by atoms with van der Waals surface area (Å²) in [6.07, 6.45) is 6.61. The second kappa shape index (κ2) is 12.8. The molecule has 138 valence electrons. The van der Waals surface area contributed by atoms with E-state index in [4.69, 9.17) is 5.73 Å². The fraction of sp³-hybridized carbons (Fsp3) is 0.588. The minimum Gasteiger partial charge on any atom is -0.324 e. The third-order valence-electron chi connectivity index (χ3n) is 4.09. The fourth-order valence-corrected chi connectivity index (χ4v) is 3.23. The monoisotopic (exact) mass is 393 g/mol. The highest BCUT2D eigenvalue weighted by Crippen LogP contribution is 2.20. The number of rotatable bonds is 7. The Balaban J connectivity index is 0.00000264. The molecule has 7 heteroatoms. The van der Waals surface area contributed by atoms with Gasteiger partial charge in [0.05, 0.1) is 6.04 Å². The summed E-state index contributed by atoms with van der Waals surface area (Å²) in [5, 5.41) is 3.01. The minimum atomic E-state index is -0.435. The molecule has 0 radical (unpaired) electrons. The van der Waals surface area contributed by atoms with Gasteiger partial charge in [-0.2, -0.15) is 11.8 Å². The van der Waals surface area contributed by atoms with Gasteiger partial charge in [0.15, 0.2) is 0 Å². The number of thioether (sulfide) groups is 1. The number of hydrogen-bond acceptors (Lipinski definition) is 4. The quantitative estimate of drug-likeness (QED) is 0.743. The van der Waals surface area contributed by atoms with Crippen LogP contribution in [0.3, 0.4) is 0 Å². The van der Waals surface area contributed by atoms with Gasteiger partial charge in [-0.3, -0.25) is 9.69 Å². The van der Waals surface area contributed by atoms with E-state index in [9.17, 15) is 4.79 Å². The molecule has 1 atom stereocenters. The number of anilines is 1. The highest BCUT2D eigenvalue weighted by atomic mass is 35.5. The van der Waals surface area contributed by atoms with Gasteiger partial charge < -0.3 is 11.1 Å². The number of nitrogens with two attached hydrogens (primary N) is 1. The van der Waals surface area contributed by atoms with Crippen LogP contribution in [0.1, 0.15) is 31.2 Å². The highest BCUT2D eigenvalue weighted by Gasteiger charge is 2.16. The number of amides is 1. The standard InChI is InChI=1S/C17H27N3OS.2ClH/c1-22-12-9-15(18)17(21)19-16-8-4-3-7-14(16)13-20-10-5-2-6-11-20;;/h3-4,7-8,15H,2,5-6,9-13,18H2,1H3,(H,19,21);2*1H/t15-;;/m0../s1. The number of carbonyl (C=O) groups is 1. The van der Waals surface area contributed by atoms with Crippen molar-refractivity contribution in [3.63, 3.8) is 0 Å². The van der Waals surface area contributed by atoms with Crippen LogP contribution in [0.15, 0.2) is 24.3 Å². The number of carbonyl (C=O) groups excluding carboxylic acids is 1. The SMILES string of the molecule is CSCC[C@H](N)C(=O)Nc1ccccc1CN1CCCCC1.Cl.Cl. The summed E-state index contributed by atoms with van der Waals surface area (Å²) < 4.78 is 0. The molecule has 0 aliphatic carbocycles. The molecule has 3 N–H and O–H groups in total. The van der Waals surface area contributed by atoms with Crippen molar-refractivity contribution in [3.05, 3.63) is 29.8 Å². The lowest BCUT2D eigenvalue weighted by Gasteiger charge is -2.27. The van der Waals surface area contributed by atoms with E-state index in [0.29, 0.717) is 6.42 Å². The Kier molecular flexibility index (Phi) is 12.6. The lowest BCUT2D eigenvalue weighted by Crippen LogP contribution is -2.36. The molecule has 0 saturated carbocycles. The molecule has 1 amide bonds. The van der Waals surface area contributed by atoms with Crippen LogP contribution >= 0.6 is 36.6 Å². The first-order chi connectivity index (χ1) is 10.7. The van der Waals surface area contributed by atoms with Gasteiger partial charge >= 0.3 is 0 Å². The van der Waals surface area contributed by atoms with Crippen molar-refractivity contribution in [2.24, 2.45) is 5.73 Å². The van der Waals surface area contributed by atoms with Crippen LogP contribution in [0.2, 0.25) is 0 Å². The van der Waals surface area contributed by atoms with Gasteiger partial charge in [0, 0.05) is 12.2 Å². The van der Waals surface area contributed by atoms with Gasteiger partial charge in [-0.1, -0.05) is 24.6 Å². The molecule has 1 fully saturated rings. The average molecular weight is 394 g/mol. The molecule has 24 heavy (non-hydrogen) atoms. The van der Waals surface area contributed by atoms with E-state index in [-0.39, 0.29) is 30.7 Å². The van der Waals surface area contributed by atoms with Crippen molar-refractivity contribution < 1.29 is 4.79 Å². The first kappa shape index (κ1) is 23.5. The van der Waals surface area contributed by atoms with Crippen molar-refractivity contribution in [1.29, 1.82) is 0 Å². The number of nitrogens with zero attached hydrogens (tertiary/aromatic N) is 1. The zero-order valence-corrected chi connectivity index (χ0v) is 16.7. The molecule has 0 bridgehead atoms. The summed E-state index contributed by atoms with van der Waals surface area (Å²) in [6.45, 7) is 3.20. The average Bonchev–Trinajstić information content (AvgIpc) is 2.55. The predicted molar refractivity (Wildman–Crippen MR) is 110 cm³/mol. The Bertz CT molecular complexity index is 485. The molecule has 0 unspecified atom stereocenters. The van der Waals surface area contributed by atoms with Gasteiger partial charge in [-0.25, -0.2) is 0 Å². The number of piperidine rings is 1. The number of nitrogens with one attached hydrogen (secondary N) is 1. The number of halogens is 2. The Morgan fingerprint density at radius 1 is 1.25 bits per heavy atom. The van der Waals surface area contributed by atoms with Gasteiger partial charge in [0.2, 0.25) is 5.91 Å². The highest BCUT2D eigenvalue weighted by molar-refractivity contribution is 7.98. The van der Waals surface area contributed by atoms with E-state index in [0.717, 1.165) is 31.1 Å². The molecule has 2 rings (SSSR count). The van der Waals surface area contributed by atoms with Gasteiger partial charge in [0.1, 0.15) is 0 Å². The number of hydrogen-bond donors (Lipinski definition) is 2. The predicted octanol–water partition coefficient (Wildman–Crippen LogP) is 3.54. The van der Waals surface area contributed by atoms with Crippen LogP contribution in [0, 0.1) is 0 Å². The normalized spacial score (nSPS) is 15.8. The van der Waals surface area contributed by atoms with Crippen molar-refractivity contribution in [2.75, 3.05) is 30.4 Å². The molecule has 1 saturated heterocycles. The summed E-state index contributed by atoms with van der Waals surface area (Å²) in [7, 11) is 0. The van der Waals surface area contributed by atoms with E-state index < -0.39 is 6.04 Å². The molecular weight excluding hydrogens is 365 g/mol. The number of benzene rings is 1. The Morgan fingerprint density at radius 3 is 2.58 bits per heavy atom. The third kappa shape index (κ3) is 7.62. The molecule has 1 aliphatic rings. The van der Waals surface area contributed by atoms with Crippen molar-refractivity contribution >= 4 is 48.2 Å². The van der Waals surface area contributed by atoms with Crippen molar-refractivity contribution in [3.8, 4) is 0 Å². The third-order valence-corrected chi connectivity index (χ3v) is 4.73. The molecule has 1 aromatic rings. The summed E-state index contributed by atoms with van der Waals surface area (Å²) in [5.74, 6) is 0.824. The lowest BCUT2D eigenvalue weighted by atomic mass is 10.1. The zero-order chi connectivity index (χ0) is 15.8. The second-order valence-electron chi connectivity index (χ2n) is 5.87. The molecule has 1 aromatic carbocycles. The Morgan fingerprint density at radius 2 is 1.92 bits per heavy atom. The summed E-state index contributed by atoms with van der Waals surface area (Å²) in [6, 6.07) is 7.62. The minimum absolute atomic E-state index is 0. The van der Waals surface area contributed by atoms with Crippen LogP contribution in [0.25, 0.3) is 0 Å². The van der Waals surface area contributed by atoms with Crippen molar-refractivity contribution in [1.82, 2.24) is 4.90 Å². The lowest BCUT2D eigenvalue weighted by molar-refractivity contribution is -0.117. The number of likely N-dealkylation sites (tertiary alicyclic amines) is 1. The zero-order valence-electron chi connectivity index (χ0n) is 14.2. The molecular formula is C17H29Cl2N3OS. The number of para-hydroxylation sites is 1. The Labute approximate surface area is 162 Å². The van der Waals surface area contributed by atoms with Crippen LogP contribution in [0.4, 0.5) is 5.69 Å². The second-order valence-corrected chi connectivity index (χ2v) is 6.86. The van der Waals surface area contributed by atoms with Crippen molar-refractivity contribution in [2.45, 2.75) is 38.3 Å². The largest absolute Gasteiger partial charge is 0.324 e. The van der Waals surface area contributed by atoms with Crippen LogP contribution in [-0.2, 0) is 11.3 Å². The van der Waals surface area contributed by atoms with E-state index in [1.807, 2.05) is 24.5 Å². The maximum absolute atomic E-state index is 12.2. The van der Waals surface area contributed by atoms with E-state index >= 15 is 0 Å². The maximum Gasteiger partial charge on any atom is 0.241 e. The summed E-state index contributed by atoms with van der Waals surface area (Å²) in [5.41, 5.74) is 8.03.